The Morgan fingerprint density at radius 1 is 0.927 bits per heavy atom. The summed E-state index contributed by atoms with van der Waals surface area (Å²) in [6, 6.07) is 0. The van der Waals surface area contributed by atoms with E-state index in [2.05, 4.69) is 107 Å². The van der Waals surface area contributed by atoms with Crippen molar-refractivity contribution < 1.29 is 8.85 Å². The summed E-state index contributed by atoms with van der Waals surface area (Å²) >= 11 is 0. The minimum Gasteiger partial charge on any atom is -0.410 e. The van der Waals surface area contributed by atoms with Crippen molar-refractivity contribution in [2.45, 2.75) is 175 Å². The van der Waals surface area contributed by atoms with E-state index >= 15 is 0 Å². The van der Waals surface area contributed by atoms with E-state index in [1.807, 2.05) is 0 Å². The highest BCUT2D eigenvalue weighted by molar-refractivity contribution is 6.74. The van der Waals surface area contributed by atoms with Crippen LogP contribution >= 0.6 is 0 Å². The van der Waals surface area contributed by atoms with Gasteiger partial charge in [0.2, 0.25) is 0 Å². The Morgan fingerprint density at radius 3 is 1.95 bits per heavy atom. The summed E-state index contributed by atoms with van der Waals surface area (Å²) in [5, 5.41) is 0.346. The molecule has 6 atom stereocenters. The molecule has 41 heavy (non-hydrogen) atoms. The zero-order valence-electron chi connectivity index (χ0n) is 29.6. The maximum Gasteiger partial charge on any atom is 0.192 e. The van der Waals surface area contributed by atoms with Crippen molar-refractivity contribution in [2.75, 3.05) is 0 Å². The Bertz CT molecular complexity index is 934. The lowest BCUT2D eigenvalue weighted by atomic mass is 9.60. The van der Waals surface area contributed by atoms with Crippen LogP contribution in [0.25, 0.3) is 0 Å². The number of rotatable bonds is 9. The summed E-state index contributed by atoms with van der Waals surface area (Å²) in [7, 11) is -3.89. The average molecular weight is 601 g/mol. The van der Waals surface area contributed by atoms with Gasteiger partial charge in [0.1, 0.15) is 0 Å². The zero-order valence-corrected chi connectivity index (χ0v) is 31.6. The molecule has 4 heteroatoms. The minimum absolute atomic E-state index is 0.0518. The molecule has 0 spiro atoms. The van der Waals surface area contributed by atoms with Gasteiger partial charge in [-0.05, 0) is 110 Å². The molecule has 0 unspecified atom stereocenters. The molecule has 3 fully saturated rings. The summed E-state index contributed by atoms with van der Waals surface area (Å²) in [6.07, 6.45) is 18.1. The van der Waals surface area contributed by atoms with Crippen LogP contribution in [0.15, 0.2) is 35.5 Å². The van der Waals surface area contributed by atoms with Crippen LogP contribution in [0, 0.1) is 23.2 Å². The van der Waals surface area contributed by atoms with Crippen LogP contribution in [0.2, 0.25) is 36.3 Å². The molecular weight excluding hydrogens is 533 g/mol. The molecule has 3 rings (SSSR count). The monoisotopic (exact) mass is 600 g/mol. The highest BCUT2D eigenvalue weighted by Crippen LogP contribution is 2.60. The number of unbranched alkanes of at least 4 members (excludes halogenated alkanes) is 1. The smallest absolute Gasteiger partial charge is 0.192 e. The van der Waals surface area contributed by atoms with Crippen LogP contribution in [-0.2, 0) is 8.85 Å². The molecule has 0 bridgehead atoms. The molecular formula is C37H68O2Si2. The highest BCUT2D eigenvalue weighted by atomic mass is 28.4. The summed E-state index contributed by atoms with van der Waals surface area (Å²) in [6.45, 7) is 35.7. The van der Waals surface area contributed by atoms with Gasteiger partial charge in [0.15, 0.2) is 16.6 Å². The van der Waals surface area contributed by atoms with E-state index < -0.39 is 16.6 Å². The molecule has 0 heterocycles. The first-order valence-corrected chi connectivity index (χ1v) is 23.0. The predicted molar refractivity (Wildman–Crippen MR) is 186 cm³/mol. The van der Waals surface area contributed by atoms with E-state index in [1.54, 1.807) is 5.57 Å². The Morgan fingerprint density at radius 2 is 1.46 bits per heavy atom. The molecule has 2 nitrogen and oxygen atoms in total. The van der Waals surface area contributed by atoms with Gasteiger partial charge in [-0.15, -0.1) is 0 Å². The van der Waals surface area contributed by atoms with Crippen molar-refractivity contribution in [2.24, 2.45) is 23.2 Å². The Balaban J connectivity index is 1.89. The van der Waals surface area contributed by atoms with Gasteiger partial charge < -0.3 is 8.85 Å². The number of hydrogen-bond acceptors (Lipinski definition) is 2. The second kappa shape index (κ2) is 12.9. The van der Waals surface area contributed by atoms with E-state index in [0.717, 1.165) is 30.6 Å². The summed E-state index contributed by atoms with van der Waals surface area (Å²) in [5.41, 5.74) is 4.88. The van der Waals surface area contributed by atoms with E-state index in [-0.39, 0.29) is 22.3 Å². The van der Waals surface area contributed by atoms with Crippen molar-refractivity contribution in [3.63, 3.8) is 0 Å². The minimum atomic E-state index is -1.95. The van der Waals surface area contributed by atoms with Gasteiger partial charge in [0, 0.05) is 0 Å². The lowest BCUT2D eigenvalue weighted by Gasteiger charge is -2.46. The molecule has 3 saturated carbocycles. The fourth-order valence-corrected chi connectivity index (χ4v) is 10.2. The van der Waals surface area contributed by atoms with Gasteiger partial charge in [0.05, 0.1) is 12.2 Å². The van der Waals surface area contributed by atoms with Crippen molar-refractivity contribution in [3.05, 3.63) is 35.5 Å². The van der Waals surface area contributed by atoms with E-state index in [4.69, 9.17) is 8.85 Å². The van der Waals surface area contributed by atoms with E-state index in [9.17, 15) is 0 Å². The van der Waals surface area contributed by atoms with Gasteiger partial charge in [-0.2, -0.15) is 0 Å². The van der Waals surface area contributed by atoms with Crippen LogP contribution in [0.1, 0.15) is 127 Å². The Hall–Kier alpha value is -0.426. The van der Waals surface area contributed by atoms with Crippen molar-refractivity contribution in [3.8, 4) is 0 Å². The molecule has 0 aromatic carbocycles. The van der Waals surface area contributed by atoms with Crippen LogP contribution in [0.3, 0.4) is 0 Å². The largest absolute Gasteiger partial charge is 0.410 e. The average Bonchev–Trinajstić information content (AvgIpc) is 3.19. The first-order valence-electron chi connectivity index (χ1n) is 17.2. The van der Waals surface area contributed by atoms with Crippen molar-refractivity contribution in [1.29, 1.82) is 0 Å². The first kappa shape index (κ1) is 35.1. The van der Waals surface area contributed by atoms with Gasteiger partial charge in [-0.3, -0.25) is 0 Å². The fraction of sp³-hybridized carbons (Fsp3) is 0.838. The lowest BCUT2D eigenvalue weighted by molar-refractivity contribution is 0.0934. The van der Waals surface area contributed by atoms with Crippen LogP contribution in [0.4, 0.5) is 0 Å². The molecule has 0 radical (unpaired) electrons. The molecule has 3 aliphatic rings. The van der Waals surface area contributed by atoms with E-state index in [1.165, 1.54) is 62.5 Å². The maximum atomic E-state index is 7.08. The Labute approximate surface area is 258 Å². The summed E-state index contributed by atoms with van der Waals surface area (Å²) < 4.78 is 14.2. The van der Waals surface area contributed by atoms with Gasteiger partial charge in [0.25, 0.3) is 0 Å². The molecule has 0 saturated heterocycles. The second-order valence-corrected chi connectivity index (χ2v) is 27.0. The molecule has 3 aliphatic carbocycles. The summed E-state index contributed by atoms with van der Waals surface area (Å²) in [5.74, 6) is 2.51. The highest BCUT2D eigenvalue weighted by Gasteiger charge is 2.50. The SMILES string of the molecule is C=C1[C@@H](O[Si](C)(C)C(C)(C)C)CC(=C/C=C2\CCC[C@]3(C)[C@@H]([C@@H](C)CCCC)CC[C@@H]23)C[C@H]1O[Si](C)(C)C(C)(C)C. The quantitative estimate of drug-likeness (QED) is 0.193. The molecule has 0 aliphatic heterocycles. The molecule has 0 amide bonds. The van der Waals surface area contributed by atoms with Gasteiger partial charge in [-0.25, -0.2) is 0 Å². The zero-order chi connectivity index (χ0) is 31.0. The van der Waals surface area contributed by atoms with Crippen LogP contribution < -0.4 is 0 Å². The Kier molecular flexibility index (Phi) is 11.0. The van der Waals surface area contributed by atoms with Crippen molar-refractivity contribution in [1.82, 2.24) is 0 Å². The topological polar surface area (TPSA) is 18.5 Å². The van der Waals surface area contributed by atoms with Crippen molar-refractivity contribution >= 4 is 16.6 Å². The third-order valence-electron chi connectivity index (χ3n) is 12.5. The van der Waals surface area contributed by atoms with Crippen LogP contribution in [0.5, 0.6) is 0 Å². The second-order valence-electron chi connectivity index (χ2n) is 17.5. The maximum absolute atomic E-state index is 7.08. The van der Waals surface area contributed by atoms with Crippen LogP contribution in [-0.4, -0.2) is 28.8 Å². The number of fused-ring (bicyclic) bond motifs is 1. The fourth-order valence-electron chi connectivity index (χ4n) is 7.63. The third-order valence-corrected chi connectivity index (χ3v) is 21.5. The van der Waals surface area contributed by atoms with Gasteiger partial charge >= 0.3 is 0 Å². The normalized spacial score (nSPS) is 33.0. The van der Waals surface area contributed by atoms with E-state index in [0.29, 0.717) is 5.41 Å². The molecule has 236 valence electrons. The molecule has 0 aromatic rings. The van der Waals surface area contributed by atoms with Gasteiger partial charge in [-0.1, -0.05) is 111 Å². The number of hydrogen-bond donors (Lipinski definition) is 0. The lowest BCUT2D eigenvalue weighted by Crippen LogP contribution is -2.49. The summed E-state index contributed by atoms with van der Waals surface area (Å²) in [4.78, 5) is 0. The first-order chi connectivity index (χ1) is 18.7. The number of allylic oxidation sites excluding steroid dienone is 3. The standard InChI is InChI=1S/C37H68O2Si2/c1-15-16-18-27(2)31-22-23-32-30(19-17-24-37(31,32)10)21-20-29-25-33(38-40(11,12)35(4,5)6)28(3)34(26-29)39-41(13,14)36(7,8)9/h20-21,27,31-34H,3,15-19,22-26H2,1-2,4-14H3/b29-20?,30-21+/t27-,31+,32-,33-,34+,37+/m0/s1. The molecule has 0 N–H and O–H groups in total. The third kappa shape index (κ3) is 7.81. The predicted octanol–water partition coefficient (Wildman–Crippen LogP) is 12.0. The molecule has 0 aromatic heterocycles.